The van der Waals surface area contributed by atoms with Crippen molar-refractivity contribution in [1.29, 1.82) is 0 Å². The highest BCUT2D eigenvalue weighted by Gasteiger charge is 2.41. The van der Waals surface area contributed by atoms with Crippen LogP contribution in [0.3, 0.4) is 0 Å². The largest absolute Gasteiger partial charge is 0.478 e. The summed E-state index contributed by atoms with van der Waals surface area (Å²) in [6.45, 7) is 2.11. The predicted molar refractivity (Wildman–Crippen MR) is 68.9 cm³/mol. The van der Waals surface area contributed by atoms with Gasteiger partial charge in [0.1, 0.15) is 11.9 Å². The van der Waals surface area contributed by atoms with Gasteiger partial charge >= 0.3 is 5.97 Å². The molecule has 2 rings (SSSR count). The first-order chi connectivity index (χ1) is 9.17. The average Bonchev–Trinajstić information content (AvgIpc) is 3.17. The number of aromatic nitrogens is 2. The molecule has 0 spiro atoms. The maximum absolute atomic E-state index is 11.0. The maximum atomic E-state index is 11.0. The van der Waals surface area contributed by atoms with Gasteiger partial charge in [-0.1, -0.05) is 0 Å². The molecule has 104 valence electrons. The van der Waals surface area contributed by atoms with Crippen molar-refractivity contribution in [3.05, 3.63) is 23.8 Å². The Morgan fingerprint density at radius 3 is 3.00 bits per heavy atom. The first-order valence-corrected chi connectivity index (χ1v) is 6.39. The third-order valence-corrected chi connectivity index (χ3v) is 3.61. The van der Waals surface area contributed by atoms with Crippen LogP contribution in [0.1, 0.15) is 35.3 Å². The Morgan fingerprint density at radius 1 is 1.58 bits per heavy atom. The highest BCUT2D eigenvalue weighted by molar-refractivity contribution is 5.88. The molecule has 0 unspecified atom stereocenters. The molecule has 2 N–H and O–H groups in total. The number of nitrogens with one attached hydrogen (secondary N) is 1. The van der Waals surface area contributed by atoms with Crippen molar-refractivity contribution in [2.24, 2.45) is 5.41 Å². The Kier molecular flexibility index (Phi) is 4.44. The summed E-state index contributed by atoms with van der Waals surface area (Å²) < 4.78 is 5.11. The lowest BCUT2D eigenvalue weighted by atomic mass is 10.0. The standard InChI is InChI=1S/C13H19N3O3/c1-19-5-4-13(2-3-13)8-14-7-11-10(12(17)18)6-15-9-16-11/h6,9,14H,2-5,7-8H2,1H3,(H,17,18). The summed E-state index contributed by atoms with van der Waals surface area (Å²) in [5.74, 6) is -0.988. The number of carboxylic acid groups (broad SMARTS) is 1. The minimum atomic E-state index is -0.988. The predicted octanol–water partition coefficient (Wildman–Crippen LogP) is 1.08. The van der Waals surface area contributed by atoms with Crippen LogP contribution in [-0.4, -0.2) is 41.3 Å². The fourth-order valence-electron chi connectivity index (χ4n) is 2.13. The second-order valence-corrected chi connectivity index (χ2v) is 5.03. The Bertz CT molecular complexity index is 447. The molecule has 1 aliphatic rings. The smallest absolute Gasteiger partial charge is 0.339 e. The van der Waals surface area contributed by atoms with E-state index in [1.165, 1.54) is 25.4 Å². The highest BCUT2D eigenvalue weighted by atomic mass is 16.5. The topological polar surface area (TPSA) is 84.3 Å². The number of hydrogen-bond acceptors (Lipinski definition) is 5. The van der Waals surface area contributed by atoms with E-state index in [4.69, 9.17) is 9.84 Å². The van der Waals surface area contributed by atoms with E-state index in [2.05, 4.69) is 15.3 Å². The van der Waals surface area contributed by atoms with Crippen molar-refractivity contribution in [3.63, 3.8) is 0 Å². The molecule has 1 aromatic heterocycles. The fraction of sp³-hybridized carbons (Fsp3) is 0.615. The first-order valence-electron chi connectivity index (χ1n) is 6.39. The zero-order chi connectivity index (χ0) is 13.7. The van der Waals surface area contributed by atoms with Gasteiger partial charge < -0.3 is 15.2 Å². The van der Waals surface area contributed by atoms with Gasteiger partial charge in [-0.15, -0.1) is 0 Å². The molecule has 0 amide bonds. The minimum Gasteiger partial charge on any atom is -0.478 e. The van der Waals surface area contributed by atoms with Gasteiger partial charge in [0, 0.05) is 33.0 Å². The fourth-order valence-corrected chi connectivity index (χ4v) is 2.13. The lowest BCUT2D eigenvalue weighted by Gasteiger charge is -2.15. The van der Waals surface area contributed by atoms with Gasteiger partial charge in [0.2, 0.25) is 0 Å². The summed E-state index contributed by atoms with van der Waals surface area (Å²) in [4.78, 5) is 18.8. The van der Waals surface area contributed by atoms with Crippen molar-refractivity contribution in [2.75, 3.05) is 20.3 Å². The van der Waals surface area contributed by atoms with E-state index in [9.17, 15) is 4.79 Å². The zero-order valence-electron chi connectivity index (χ0n) is 11.1. The normalized spacial score (nSPS) is 16.3. The van der Waals surface area contributed by atoms with Crippen molar-refractivity contribution < 1.29 is 14.6 Å². The van der Waals surface area contributed by atoms with Crippen molar-refractivity contribution in [1.82, 2.24) is 15.3 Å². The molecule has 1 heterocycles. The molecule has 0 atom stereocenters. The SMILES string of the molecule is COCCC1(CNCc2ncncc2C(=O)O)CC1. The maximum Gasteiger partial charge on any atom is 0.339 e. The van der Waals surface area contributed by atoms with Crippen molar-refractivity contribution >= 4 is 5.97 Å². The third kappa shape index (κ3) is 3.71. The van der Waals surface area contributed by atoms with Crippen LogP contribution in [0.2, 0.25) is 0 Å². The number of carbonyl (C=O) groups is 1. The van der Waals surface area contributed by atoms with Crippen LogP contribution < -0.4 is 5.32 Å². The number of methoxy groups -OCH3 is 1. The molecule has 0 bridgehead atoms. The molecule has 1 aromatic rings. The summed E-state index contributed by atoms with van der Waals surface area (Å²) in [6, 6.07) is 0. The lowest BCUT2D eigenvalue weighted by Crippen LogP contribution is -2.26. The van der Waals surface area contributed by atoms with E-state index in [1.54, 1.807) is 7.11 Å². The lowest BCUT2D eigenvalue weighted by molar-refractivity contribution is 0.0694. The number of ether oxygens (including phenoxy) is 1. The molecule has 1 aliphatic carbocycles. The monoisotopic (exact) mass is 265 g/mol. The van der Waals surface area contributed by atoms with Crippen molar-refractivity contribution in [2.45, 2.75) is 25.8 Å². The van der Waals surface area contributed by atoms with Crippen molar-refractivity contribution in [3.8, 4) is 0 Å². The molecule has 6 nitrogen and oxygen atoms in total. The Labute approximate surface area is 112 Å². The molecule has 6 heteroatoms. The number of rotatable bonds is 8. The van der Waals surface area contributed by atoms with E-state index in [0.717, 1.165) is 19.6 Å². The molecular weight excluding hydrogens is 246 g/mol. The molecule has 0 radical (unpaired) electrons. The molecule has 0 saturated heterocycles. The van der Waals surface area contributed by atoms with Crippen LogP contribution in [0, 0.1) is 5.41 Å². The van der Waals surface area contributed by atoms with E-state index >= 15 is 0 Å². The Morgan fingerprint density at radius 2 is 2.37 bits per heavy atom. The molecule has 1 fully saturated rings. The number of carboxylic acids is 1. The van der Waals surface area contributed by atoms with Crippen LogP contribution in [0.5, 0.6) is 0 Å². The Hall–Kier alpha value is -1.53. The van der Waals surface area contributed by atoms with E-state index in [-0.39, 0.29) is 5.56 Å². The van der Waals surface area contributed by atoms with Crippen LogP contribution in [0.15, 0.2) is 12.5 Å². The third-order valence-electron chi connectivity index (χ3n) is 3.61. The van der Waals surface area contributed by atoms with Gasteiger partial charge in [-0.05, 0) is 24.7 Å². The quantitative estimate of drug-likeness (QED) is 0.731. The van der Waals surface area contributed by atoms with Gasteiger partial charge in [-0.2, -0.15) is 0 Å². The molecule has 0 aliphatic heterocycles. The molecule has 1 saturated carbocycles. The van der Waals surface area contributed by atoms with Gasteiger partial charge in [-0.3, -0.25) is 0 Å². The van der Waals surface area contributed by atoms with Gasteiger partial charge in [0.25, 0.3) is 0 Å². The summed E-state index contributed by atoms with van der Waals surface area (Å²) >= 11 is 0. The Balaban J connectivity index is 1.85. The van der Waals surface area contributed by atoms with Crippen LogP contribution in [-0.2, 0) is 11.3 Å². The summed E-state index contributed by atoms with van der Waals surface area (Å²) in [5.41, 5.74) is 1.04. The number of nitrogens with zero attached hydrogens (tertiary/aromatic N) is 2. The number of aromatic carboxylic acids is 1. The molecule has 19 heavy (non-hydrogen) atoms. The van der Waals surface area contributed by atoms with E-state index in [0.29, 0.717) is 17.7 Å². The summed E-state index contributed by atoms with van der Waals surface area (Å²) in [6.07, 6.45) is 6.18. The zero-order valence-corrected chi connectivity index (χ0v) is 11.1. The highest BCUT2D eigenvalue weighted by Crippen LogP contribution is 2.48. The van der Waals surface area contributed by atoms with E-state index < -0.39 is 5.97 Å². The van der Waals surface area contributed by atoms with Crippen LogP contribution in [0.25, 0.3) is 0 Å². The van der Waals surface area contributed by atoms with Gasteiger partial charge in [0.15, 0.2) is 0 Å². The molecule has 0 aromatic carbocycles. The van der Waals surface area contributed by atoms with Gasteiger partial charge in [-0.25, -0.2) is 14.8 Å². The summed E-state index contributed by atoms with van der Waals surface area (Å²) in [7, 11) is 1.71. The number of hydrogen-bond donors (Lipinski definition) is 2. The second kappa shape index (κ2) is 6.08. The summed E-state index contributed by atoms with van der Waals surface area (Å²) in [5, 5.41) is 12.3. The minimum absolute atomic E-state index is 0.164. The van der Waals surface area contributed by atoms with E-state index in [1.807, 2.05) is 0 Å². The van der Waals surface area contributed by atoms with Gasteiger partial charge in [0.05, 0.1) is 5.69 Å². The van der Waals surface area contributed by atoms with Crippen LogP contribution >= 0.6 is 0 Å². The average molecular weight is 265 g/mol. The van der Waals surface area contributed by atoms with Crippen LogP contribution in [0.4, 0.5) is 0 Å². The molecular formula is C13H19N3O3. The first kappa shape index (κ1) is 13.9. The second-order valence-electron chi connectivity index (χ2n) is 5.03.